The first-order valence-corrected chi connectivity index (χ1v) is 13.3. The topological polar surface area (TPSA) is 95.9 Å². The van der Waals surface area contributed by atoms with E-state index in [-0.39, 0.29) is 18.0 Å². The van der Waals surface area contributed by atoms with E-state index in [0.717, 1.165) is 5.39 Å². The predicted octanol–water partition coefficient (Wildman–Crippen LogP) is 6.55. The highest BCUT2D eigenvalue weighted by Crippen LogP contribution is 2.35. The largest absolute Gasteiger partial charge is 0.477 e. The number of hydrogen-bond acceptors (Lipinski definition) is 7. The molecule has 2 aromatic heterocycles. The van der Waals surface area contributed by atoms with E-state index >= 15 is 0 Å². The fraction of sp³-hybridized carbons (Fsp3) is 0.143. The summed E-state index contributed by atoms with van der Waals surface area (Å²) < 4.78 is 19.2. The summed E-state index contributed by atoms with van der Waals surface area (Å²) in [6, 6.07) is 20.0. The minimum Gasteiger partial charge on any atom is -0.477 e. The summed E-state index contributed by atoms with van der Waals surface area (Å²) in [6.07, 6.45) is 0.744. The van der Waals surface area contributed by atoms with Crippen molar-refractivity contribution in [2.75, 3.05) is 6.61 Å². The van der Waals surface area contributed by atoms with Gasteiger partial charge in [-0.25, -0.2) is 9.78 Å². The first-order valence-electron chi connectivity index (χ1n) is 11.7. The van der Waals surface area contributed by atoms with Crippen LogP contribution in [0.25, 0.3) is 33.5 Å². The van der Waals surface area contributed by atoms with Crippen LogP contribution >= 0.6 is 31.9 Å². The van der Waals surface area contributed by atoms with E-state index in [2.05, 4.69) is 37.0 Å². The molecule has 0 bridgehead atoms. The van der Waals surface area contributed by atoms with Crippen molar-refractivity contribution in [3.05, 3.63) is 91.6 Å². The second-order valence-electron chi connectivity index (χ2n) is 8.29. The Hall–Kier alpha value is -3.76. The molecule has 0 N–H and O–H groups in total. The number of furan rings is 1. The van der Waals surface area contributed by atoms with Crippen LogP contribution < -0.4 is 10.3 Å². The molecule has 0 aliphatic rings. The van der Waals surface area contributed by atoms with E-state index in [0.29, 0.717) is 42.5 Å². The highest BCUT2D eigenvalue weighted by molar-refractivity contribution is 9.11. The number of benzene rings is 3. The van der Waals surface area contributed by atoms with Gasteiger partial charge in [0, 0.05) is 5.39 Å². The van der Waals surface area contributed by atoms with Gasteiger partial charge in [0.2, 0.25) is 5.82 Å². The third-order valence-corrected chi connectivity index (χ3v) is 6.83. The highest BCUT2D eigenvalue weighted by Gasteiger charge is 2.20. The van der Waals surface area contributed by atoms with Crippen LogP contribution in [0.4, 0.5) is 0 Å². The number of carbonyl (C=O) groups excluding carboxylic acids is 1. The third kappa shape index (κ3) is 5.14. The first kappa shape index (κ1) is 25.9. The molecule has 5 rings (SSSR count). The number of aromatic nitrogens is 2. The number of carbonyl (C=O) groups is 1. The van der Waals surface area contributed by atoms with Gasteiger partial charge in [0.25, 0.3) is 5.56 Å². The maximum absolute atomic E-state index is 13.5. The van der Waals surface area contributed by atoms with Crippen molar-refractivity contribution in [2.45, 2.75) is 20.0 Å². The summed E-state index contributed by atoms with van der Waals surface area (Å²) in [5.41, 5.74) is 1.56. The zero-order valence-electron chi connectivity index (χ0n) is 20.4. The van der Waals surface area contributed by atoms with Crippen LogP contribution in [0.3, 0.4) is 0 Å². The van der Waals surface area contributed by atoms with E-state index in [1.54, 1.807) is 44.2 Å². The quantitative estimate of drug-likeness (QED) is 0.148. The standard InChI is InChI=1S/C28H21Br2N3O5/c1-3-36-28(35)16(2)37-25-20(29)12-17(13-21(25)30)15-31-33-26(24-14-18-8-4-7-11-23(18)38-24)32-22-10-6-5-9-19(22)27(33)34/h4-16H,3H2,1-2H3/t16-/m0/s1. The van der Waals surface area contributed by atoms with Gasteiger partial charge < -0.3 is 13.9 Å². The van der Waals surface area contributed by atoms with Gasteiger partial charge in [-0.3, -0.25) is 4.79 Å². The molecule has 8 nitrogen and oxygen atoms in total. The zero-order valence-corrected chi connectivity index (χ0v) is 23.5. The van der Waals surface area contributed by atoms with E-state index in [4.69, 9.17) is 18.9 Å². The van der Waals surface area contributed by atoms with Gasteiger partial charge in [-0.15, -0.1) is 0 Å². The number of ether oxygens (including phenoxy) is 2. The molecule has 0 aliphatic carbocycles. The van der Waals surface area contributed by atoms with Crippen molar-refractivity contribution < 1.29 is 18.7 Å². The van der Waals surface area contributed by atoms with Gasteiger partial charge in [0.15, 0.2) is 11.9 Å². The molecule has 0 spiro atoms. The van der Waals surface area contributed by atoms with Crippen molar-refractivity contribution in [3.63, 3.8) is 0 Å². The molecule has 3 aromatic carbocycles. The summed E-state index contributed by atoms with van der Waals surface area (Å²) in [5, 5.41) is 5.82. The second-order valence-corrected chi connectivity index (χ2v) is 10.00. The minimum absolute atomic E-state index is 0.267. The number of para-hydroxylation sites is 2. The fourth-order valence-corrected chi connectivity index (χ4v) is 5.27. The summed E-state index contributed by atoms with van der Waals surface area (Å²) in [5.74, 6) is 0.682. The molecule has 0 unspecified atom stereocenters. The molecular formula is C28H21Br2N3O5. The van der Waals surface area contributed by atoms with Crippen LogP contribution in [0.5, 0.6) is 5.75 Å². The Labute approximate surface area is 234 Å². The average molecular weight is 639 g/mol. The molecule has 0 aliphatic heterocycles. The average Bonchev–Trinajstić information content (AvgIpc) is 3.34. The molecular weight excluding hydrogens is 618 g/mol. The molecule has 5 aromatic rings. The second kappa shape index (κ2) is 10.9. The fourth-order valence-electron chi connectivity index (χ4n) is 3.86. The van der Waals surface area contributed by atoms with Crippen LogP contribution in [0.15, 0.2) is 90.0 Å². The normalized spacial score (nSPS) is 12.3. The van der Waals surface area contributed by atoms with Gasteiger partial charge in [-0.2, -0.15) is 9.78 Å². The Morgan fingerprint density at radius 1 is 1.11 bits per heavy atom. The summed E-state index contributed by atoms with van der Waals surface area (Å²) in [7, 11) is 0. The first-order chi connectivity index (χ1) is 18.4. The monoisotopic (exact) mass is 637 g/mol. The highest BCUT2D eigenvalue weighted by atomic mass is 79.9. The number of hydrogen-bond donors (Lipinski definition) is 0. The Morgan fingerprint density at radius 2 is 1.82 bits per heavy atom. The molecule has 38 heavy (non-hydrogen) atoms. The Bertz CT molecular complexity index is 1700. The van der Waals surface area contributed by atoms with E-state index in [9.17, 15) is 9.59 Å². The van der Waals surface area contributed by atoms with Crippen molar-refractivity contribution in [1.29, 1.82) is 0 Å². The molecule has 0 saturated heterocycles. The molecule has 0 amide bonds. The van der Waals surface area contributed by atoms with Gasteiger partial charge in [0.05, 0.1) is 32.7 Å². The van der Waals surface area contributed by atoms with Crippen molar-refractivity contribution >= 4 is 65.9 Å². The van der Waals surface area contributed by atoms with E-state index in [1.807, 2.05) is 36.4 Å². The third-order valence-electron chi connectivity index (χ3n) is 5.66. The molecule has 2 heterocycles. The summed E-state index contributed by atoms with van der Waals surface area (Å²) >= 11 is 6.99. The molecule has 0 fully saturated rings. The molecule has 0 saturated carbocycles. The maximum atomic E-state index is 13.5. The minimum atomic E-state index is -0.796. The van der Waals surface area contributed by atoms with Crippen molar-refractivity contribution in [1.82, 2.24) is 9.66 Å². The Kier molecular flexibility index (Phi) is 7.44. The molecule has 1 atom stereocenters. The van der Waals surface area contributed by atoms with Gasteiger partial charge >= 0.3 is 5.97 Å². The molecule has 10 heteroatoms. The van der Waals surface area contributed by atoms with Crippen molar-refractivity contribution in [2.24, 2.45) is 5.10 Å². The van der Waals surface area contributed by atoms with Crippen LogP contribution in [0, 0.1) is 0 Å². The van der Waals surface area contributed by atoms with Crippen LogP contribution in [-0.4, -0.2) is 34.6 Å². The lowest BCUT2D eigenvalue weighted by Crippen LogP contribution is -2.26. The SMILES string of the molecule is CCOC(=O)[C@H](C)Oc1c(Br)cc(C=Nn2c(-c3cc4ccccc4o3)nc3ccccc3c2=O)cc1Br. The number of esters is 1. The number of fused-ring (bicyclic) bond motifs is 2. The van der Waals surface area contributed by atoms with Crippen LogP contribution in [0.2, 0.25) is 0 Å². The lowest BCUT2D eigenvalue weighted by molar-refractivity contribution is -0.150. The molecule has 0 radical (unpaired) electrons. The van der Waals surface area contributed by atoms with Gasteiger partial charge in [-0.05, 0) is 87.7 Å². The van der Waals surface area contributed by atoms with E-state index in [1.165, 1.54) is 10.9 Å². The number of halogens is 2. The zero-order chi connectivity index (χ0) is 26.8. The number of nitrogens with zero attached hydrogens (tertiary/aromatic N) is 3. The van der Waals surface area contributed by atoms with Crippen molar-refractivity contribution in [3.8, 4) is 17.3 Å². The lowest BCUT2D eigenvalue weighted by Gasteiger charge is -2.16. The Morgan fingerprint density at radius 3 is 2.55 bits per heavy atom. The Balaban J connectivity index is 1.55. The van der Waals surface area contributed by atoms with Gasteiger partial charge in [0.1, 0.15) is 11.3 Å². The lowest BCUT2D eigenvalue weighted by atomic mass is 10.2. The number of rotatable bonds is 7. The predicted molar refractivity (Wildman–Crippen MR) is 153 cm³/mol. The summed E-state index contributed by atoms with van der Waals surface area (Å²) in [6.45, 7) is 3.62. The summed E-state index contributed by atoms with van der Waals surface area (Å²) in [4.78, 5) is 30.2. The van der Waals surface area contributed by atoms with Gasteiger partial charge in [-0.1, -0.05) is 30.3 Å². The smallest absolute Gasteiger partial charge is 0.347 e. The molecule has 192 valence electrons. The van der Waals surface area contributed by atoms with Crippen LogP contribution in [0.1, 0.15) is 19.4 Å². The maximum Gasteiger partial charge on any atom is 0.347 e. The van der Waals surface area contributed by atoms with Crippen LogP contribution in [-0.2, 0) is 9.53 Å². The van der Waals surface area contributed by atoms with E-state index < -0.39 is 12.1 Å².